The fraction of sp³-hybridized carbons (Fsp3) is 0.429. The molecule has 1 unspecified atom stereocenters. The van der Waals surface area contributed by atoms with Gasteiger partial charge in [0.1, 0.15) is 16.9 Å². The van der Waals surface area contributed by atoms with E-state index in [0.717, 1.165) is 40.8 Å². The van der Waals surface area contributed by atoms with Crippen molar-refractivity contribution in [1.82, 2.24) is 9.80 Å². The van der Waals surface area contributed by atoms with Crippen LogP contribution in [0.25, 0.3) is 0 Å². The van der Waals surface area contributed by atoms with Gasteiger partial charge in [-0.05, 0) is 43.9 Å². The van der Waals surface area contributed by atoms with Crippen molar-refractivity contribution in [3.8, 4) is 0 Å². The van der Waals surface area contributed by atoms with Crippen molar-refractivity contribution in [2.45, 2.75) is 24.6 Å². The second-order valence-corrected chi connectivity index (χ2v) is 9.39. The molecule has 1 atom stereocenters. The van der Waals surface area contributed by atoms with Crippen molar-refractivity contribution < 1.29 is 14.0 Å². The molecule has 2 amide bonds. The lowest BCUT2D eigenvalue weighted by Crippen LogP contribution is -2.30. The van der Waals surface area contributed by atoms with E-state index in [2.05, 4.69) is 10.2 Å². The topological polar surface area (TPSA) is 65.8 Å². The lowest BCUT2D eigenvalue weighted by Gasteiger charge is -2.24. The van der Waals surface area contributed by atoms with Crippen LogP contribution in [0.15, 0.2) is 40.8 Å². The summed E-state index contributed by atoms with van der Waals surface area (Å²) in [5, 5.41) is 2.80. The molecular weight excluding hydrogens is 406 g/mol. The quantitative estimate of drug-likeness (QED) is 0.607. The summed E-state index contributed by atoms with van der Waals surface area (Å²) in [6, 6.07) is 11.8. The Labute approximate surface area is 180 Å². The van der Waals surface area contributed by atoms with E-state index in [-0.39, 0.29) is 17.2 Å². The van der Waals surface area contributed by atoms with Crippen LogP contribution >= 0.6 is 23.5 Å². The van der Waals surface area contributed by atoms with Gasteiger partial charge < -0.3 is 19.5 Å². The highest BCUT2D eigenvalue weighted by Crippen LogP contribution is 2.39. The van der Waals surface area contributed by atoms with Gasteiger partial charge in [0.2, 0.25) is 11.8 Å². The lowest BCUT2D eigenvalue weighted by atomic mass is 10.2. The van der Waals surface area contributed by atoms with E-state index in [1.165, 1.54) is 6.92 Å². The summed E-state index contributed by atoms with van der Waals surface area (Å²) >= 11 is 3.43. The zero-order valence-electron chi connectivity index (χ0n) is 17.0. The third-order valence-electron chi connectivity index (χ3n) is 4.39. The van der Waals surface area contributed by atoms with E-state index in [9.17, 15) is 9.59 Å². The predicted molar refractivity (Wildman–Crippen MR) is 120 cm³/mol. The molecule has 2 aromatic rings. The molecule has 29 heavy (non-hydrogen) atoms. The van der Waals surface area contributed by atoms with Gasteiger partial charge in [-0.15, -0.1) is 11.8 Å². The second-order valence-electron chi connectivity index (χ2n) is 7.21. The molecule has 0 spiro atoms. The third-order valence-corrected chi connectivity index (χ3v) is 6.61. The molecule has 1 aliphatic heterocycles. The van der Waals surface area contributed by atoms with Crippen molar-refractivity contribution in [2.24, 2.45) is 0 Å². The molecule has 1 aliphatic rings. The van der Waals surface area contributed by atoms with Crippen molar-refractivity contribution in [2.75, 3.05) is 37.5 Å². The summed E-state index contributed by atoms with van der Waals surface area (Å²) in [7, 11) is 4.04. The van der Waals surface area contributed by atoms with Crippen molar-refractivity contribution in [3.63, 3.8) is 0 Å². The minimum atomic E-state index is -0.0905. The van der Waals surface area contributed by atoms with E-state index in [4.69, 9.17) is 4.42 Å². The summed E-state index contributed by atoms with van der Waals surface area (Å²) in [5.41, 5.74) is 1.85. The highest BCUT2D eigenvalue weighted by atomic mass is 32.2. The van der Waals surface area contributed by atoms with Crippen LogP contribution in [-0.4, -0.2) is 53.8 Å². The van der Waals surface area contributed by atoms with E-state index in [1.54, 1.807) is 23.5 Å². The SMILES string of the molecule is CC(=O)Nc1ccc(C2SCC(=O)N2CCSCc2ccc(CN(C)C)o2)cc1. The lowest BCUT2D eigenvalue weighted by molar-refractivity contribution is -0.127. The van der Waals surface area contributed by atoms with Crippen LogP contribution in [0, 0.1) is 0 Å². The summed E-state index contributed by atoms with van der Waals surface area (Å²) < 4.78 is 5.84. The Balaban J connectivity index is 1.50. The Morgan fingerprint density at radius 1 is 1.24 bits per heavy atom. The second kappa shape index (κ2) is 10.2. The molecule has 0 saturated carbocycles. The number of carbonyl (C=O) groups is 2. The van der Waals surface area contributed by atoms with Crippen LogP contribution in [0.3, 0.4) is 0 Å². The molecule has 0 aliphatic carbocycles. The smallest absolute Gasteiger partial charge is 0.233 e. The minimum absolute atomic E-state index is 0.0322. The Hall–Kier alpha value is -1.90. The molecule has 8 heteroatoms. The van der Waals surface area contributed by atoms with Crippen LogP contribution < -0.4 is 5.32 Å². The molecule has 3 rings (SSSR count). The van der Waals surface area contributed by atoms with E-state index >= 15 is 0 Å². The summed E-state index contributed by atoms with van der Waals surface area (Å²) in [4.78, 5) is 27.6. The van der Waals surface area contributed by atoms with Crippen LogP contribution in [0.5, 0.6) is 0 Å². The van der Waals surface area contributed by atoms with Crippen LogP contribution in [0.2, 0.25) is 0 Å². The number of benzene rings is 1. The molecule has 156 valence electrons. The number of furan rings is 1. The Morgan fingerprint density at radius 2 is 1.97 bits per heavy atom. The van der Waals surface area contributed by atoms with Gasteiger partial charge in [-0.2, -0.15) is 11.8 Å². The standard InChI is InChI=1S/C21H27N3O3S2/c1-15(25)22-17-6-4-16(5-7-17)21-24(20(26)14-29-21)10-11-28-13-19-9-8-18(27-19)12-23(2)3/h4-9,21H,10-14H2,1-3H3,(H,22,25). The molecule has 1 saturated heterocycles. The van der Waals surface area contributed by atoms with Crippen LogP contribution in [-0.2, 0) is 21.9 Å². The minimum Gasteiger partial charge on any atom is -0.464 e. The first kappa shape index (κ1) is 21.8. The number of nitrogens with one attached hydrogen (secondary N) is 1. The van der Waals surface area contributed by atoms with Gasteiger partial charge in [-0.1, -0.05) is 12.1 Å². The maximum atomic E-state index is 12.4. The average Bonchev–Trinajstić information content (AvgIpc) is 3.25. The zero-order chi connectivity index (χ0) is 20.8. The molecule has 6 nitrogen and oxygen atoms in total. The molecule has 1 aromatic carbocycles. The molecule has 1 aromatic heterocycles. The van der Waals surface area contributed by atoms with E-state index < -0.39 is 0 Å². The Bertz CT molecular complexity index is 836. The first-order valence-corrected chi connectivity index (χ1v) is 11.7. The van der Waals surface area contributed by atoms with Crippen molar-refractivity contribution >= 4 is 41.0 Å². The fourth-order valence-corrected chi connectivity index (χ4v) is 5.18. The number of rotatable bonds is 9. The van der Waals surface area contributed by atoms with Gasteiger partial charge in [0.25, 0.3) is 0 Å². The van der Waals surface area contributed by atoms with E-state index in [1.807, 2.05) is 55.4 Å². The Morgan fingerprint density at radius 3 is 2.66 bits per heavy atom. The van der Waals surface area contributed by atoms with Crippen LogP contribution in [0.4, 0.5) is 5.69 Å². The van der Waals surface area contributed by atoms with Gasteiger partial charge in [0, 0.05) is 24.9 Å². The van der Waals surface area contributed by atoms with E-state index in [0.29, 0.717) is 12.3 Å². The monoisotopic (exact) mass is 433 g/mol. The summed E-state index contributed by atoms with van der Waals surface area (Å²) in [5.74, 6) is 4.20. The summed E-state index contributed by atoms with van der Waals surface area (Å²) in [6.07, 6.45) is 0. The fourth-order valence-electron chi connectivity index (χ4n) is 3.14. The van der Waals surface area contributed by atoms with Gasteiger partial charge in [0.05, 0.1) is 18.1 Å². The predicted octanol–water partition coefficient (Wildman–Crippen LogP) is 3.81. The number of hydrogen-bond acceptors (Lipinski definition) is 6. The number of amides is 2. The molecule has 0 radical (unpaired) electrons. The largest absolute Gasteiger partial charge is 0.464 e. The van der Waals surface area contributed by atoms with Crippen molar-refractivity contribution in [1.29, 1.82) is 0 Å². The maximum absolute atomic E-state index is 12.4. The first-order valence-electron chi connectivity index (χ1n) is 9.51. The van der Waals surface area contributed by atoms with Gasteiger partial charge in [0.15, 0.2) is 0 Å². The first-order chi connectivity index (χ1) is 13.9. The molecular formula is C21H27N3O3S2. The summed E-state index contributed by atoms with van der Waals surface area (Å²) in [6.45, 7) is 3.00. The van der Waals surface area contributed by atoms with Crippen LogP contribution in [0.1, 0.15) is 29.4 Å². The molecule has 1 N–H and O–H groups in total. The number of thioether (sulfide) groups is 2. The number of nitrogens with zero attached hydrogens (tertiary/aromatic N) is 2. The van der Waals surface area contributed by atoms with Crippen molar-refractivity contribution in [3.05, 3.63) is 53.5 Å². The number of hydrogen-bond donors (Lipinski definition) is 1. The molecule has 2 heterocycles. The van der Waals surface area contributed by atoms with Gasteiger partial charge >= 0.3 is 0 Å². The highest BCUT2D eigenvalue weighted by molar-refractivity contribution is 8.00. The highest BCUT2D eigenvalue weighted by Gasteiger charge is 2.32. The van der Waals surface area contributed by atoms with Gasteiger partial charge in [-0.25, -0.2) is 0 Å². The Kier molecular flexibility index (Phi) is 7.69. The number of anilines is 1. The maximum Gasteiger partial charge on any atom is 0.233 e. The molecule has 1 fully saturated rings. The zero-order valence-corrected chi connectivity index (χ0v) is 18.6. The number of carbonyl (C=O) groups excluding carboxylic acids is 2. The normalized spacial score (nSPS) is 16.6. The third kappa shape index (κ3) is 6.29. The van der Waals surface area contributed by atoms with Gasteiger partial charge in [-0.3, -0.25) is 9.59 Å². The molecule has 0 bridgehead atoms. The average molecular weight is 434 g/mol.